The highest BCUT2D eigenvalue weighted by molar-refractivity contribution is 5.81. The predicted molar refractivity (Wildman–Crippen MR) is 41.6 cm³/mol. The van der Waals surface area contributed by atoms with Crippen LogP contribution in [0.1, 0.15) is 6.42 Å². The van der Waals surface area contributed by atoms with Crippen molar-refractivity contribution in [2.45, 2.75) is 12.5 Å². The normalized spacial score (nSPS) is 21.5. The second kappa shape index (κ2) is 4.35. The van der Waals surface area contributed by atoms with Gasteiger partial charge in [0.05, 0.1) is 13.2 Å². The highest BCUT2D eigenvalue weighted by atomic mass is 16.5. The molecule has 12 heavy (non-hydrogen) atoms. The Bertz CT molecular complexity index is 197. The molecule has 0 saturated carbocycles. The minimum absolute atomic E-state index is 0.00450. The third kappa shape index (κ3) is 2.41. The summed E-state index contributed by atoms with van der Waals surface area (Å²) in [6, 6.07) is 0. The van der Waals surface area contributed by atoms with Crippen LogP contribution in [0.15, 0.2) is 11.6 Å². The van der Waals surface area contributed by atoms with E-state index in [-0.39, 0.29) is 32.0 Å². The van der Waals surface area contributed by atoms with Crippen LogP contribution in [0.25, 0.3) is 0 Å². The molecule has 1 heterocycles. The van der Waals surface area contributed by atoms with Crippen LogP contribution in [-0.4, -0.2) is 41.9 Å². The lowest BCUT2D eigenvalue weighted by molar-refractivity contribution is -0.122. The lowest BCUT2D eigenvalue weighted by Gasteiger charge is -2.09. The summed E-state index contributed by atoms with van der Waals surface area (Å²) in [6.07, 6.45) is 1.01. The van der Waals surface area contributed by atoms with Crippen molar-refractivity contribution in [3.05, 3.63) is 11.6 Å². The Kier molecular flexibility index (Phi) is 3.40. The Morgan fingerprint density at radius 2 is 2.33 bits per heavy atom. The summed E-state index contributed by atoms with van der Waals surface area (Å²) in [5, 5.41) is 17.8. The summed E-state index contributed by atoms with van der Waals surface area (Å²) in [4.78, 5) is 10.8. The van der Waals surface area contributed by atoms with Gasteiger partial charge in [-0.05, 0) is 5.57 Å². The molecule has 4 nitrogen and oxygen atoms in total. The first kappa shape index (κ1) is 9.38. The summed E-state index contributed by atoms with van der Waals surface area (Å²) in [7, 11) is 0. The first-order valence-corrected chi connectivity index (χ1v) is 3.81. The zero-order valence-electron chi connectivity index (χ0n) is 6.69. The molecule has 0 fully saturated rings. The Labute approximate surface area is 70.5 Å². The number of Topliss-reactive ketones (excluding diaryl/α,β-unsaturated/α-hetero) is 1. The summed E-state index contributed by atoms with van der Waals surface area (Å²) >= 11 is 0. The van der Waals surface area contributed by atoms with E-state index in [2.05, 4.69) is 0 Å². The lowest BCUT2D eigenvalue weighted by atomic mass is 10.1. The molecule has 0 amide bonds. The van der Waals surface area contributed by atoms with Crippen molar-refractivity contribution in [2.75, 3.05) is 19.8 Å². The van der Waals surface area contributed by atoms with Crippen molar-refractivity contribution in [3.63, 3.8) is 0 Å². The Morgan fingerprint density at radius 3 is 3.00 bits per heavy atom. The molecule has 1 aliphatic heterocycles. The molecule has 0 spiro atoms. The molecule has 0 aromatic rings. The van der Waals surface area contributed by atoms with Crippen LogP contribution in [0.2, 0.25) is 0 Å². The molecule has 1 unspecified atom stereocenters. The van der Waals surface area contributed by atoms with Crippen molar-refractivity contribution in [1.29, 1.82) is 0 Å². The number of aliphatic hydroxyl groups excluding tert-OH is 2. The van der Waals surface area contributed by atoms with Gasteiger partial charge in [0.2, 0.25) is 0 Å². The van der Waals surface area contributed by atoms with E-state index >= 15 is 0 Å². The number of aliphatic hydroxyl groups is 2. The monoisotopic (exact) mass is 172 g/mol. The van der Waals surface area contributed by atoms with Gasteiger partial charge in [0.15, 0.2) is 5.78 Å². The molecule has 4 heteroatoms. The quantitative estimate of drug-likeness (QED) is 0.538. The minimum Gasteiger partial charge on any atom is -0.393 e. The molecule has 68 valence electrons. The molecule has 1 rings (SSSR count). The first-order valence-electron chi connectivity index (χ1n) is 3.81. The highest BCUT2D eigenvalue weighted by Crippen LogP contribution is 2.08. The van der Waals surface area contributed by atoms with Gasteiger partial charge in [-0.25, -0.2) is 0 Å². The van der Waals surface area contributed by atoms with Crippen molar-refractivity contribution in [2.24, 2.45) is 0 Å². The zero-order valence-corrected chi connectivity index (χ0v) is 6.69. The molecule has 0 radical (unpaired) electrons. The number of allylic oxidation sites excluding steroid dienone is 1. The zero-order chi connectivity index (χ0) is 8.97. The minimum atomic E-state index is -0.893. The van der Waals surface area contributed by atoms with Crippen LogP contribution < -0.4 is 0 Å². The van der Waals surface area contributed by atoms with Gasteiger partial charge in [-0.2, -0.15) is 0 Å². The molecule has 0 aromatic heterocycles. The van der Waals surface area contributed by atoms with Gasteiger partial charge in [0.1, 0.15) is 12.7 Å². The maximum absolute atomic E-state index is 10.8. The predicted octanol–water partition coefficient (Wildman–Crippen LogP) is -0.745. The number of carbonyl (C=O) groups is 1. The molecule has 0 saturated heterocycles. The molecule has 1 aliphatic rings. The number of ether oxygens (including phenoxy) is 1. The smallest absolute Gasteiger partial charge is 0.162 e. The SMILES string of the molecule is O=C1CC=C(C(O)CO)COC1. The third-order valence-electron chi connectivity index (χ3n) is 1.72. The fourth-order valence-electron chi connectivity index (χ4n) is 0.995. The summed E-state index contributed by atoms with van der Waals surface area (Å²) in [5.74, 6) is -0.00450. The van der Waals surface area contributed by atoms with Gasteiger partial charge in [0.25, 0.3) is 0 Å². The van der Waals surface area contributed by atoms with Gasteiger partial charge in [-0.1, -0.05) is 6.08 Å². The third-order valence-corrected chi connectivity index (χ3v) is 1.72. The average Bonchev–Trinajstić information content (AvgIpc) is 2.29. The maximum atomic E-state index is 10.8. The number of ketones is 1. The summed E-state index contributed by atoms with van der Waals surface area (Å²) in [5.41, 5.74) is 0.586. The Hall–Kier alpha value is -0.710. The van der Waals surface area contributed by atoms with Crippen LogP contribution in [0.5, 0.6) is 0 Å². The van der Waals surface area contributed by atoms with E-state index in [1.807, 2.05) is 0 Å². The fraction of sp³-hybridized carbons (Fsp3) is 0.625. The lowest BCUT2D eigenvalue weighted by Crippen LogP contribution is -2.18. The van der Waals surface area contributed by atoms with E-state index in [1.165, 1.54) is 0 Å². The van der Waals surface area contributed by atoms with Crippen molar-refractivity contribution in [1.82, 2.24) is 0 Å². The van der Waals surface area contributed by atoms with Gasteiger partial charge in [-0.15, -0.1) is 0 Å². The van der Waals surface area contributed by atoms with Crippen molar-refractivity contribution in [3.8, 4) is 0 Å². The Morgan fingerprint density at radius 1 is 1.58 bits per heavy atom. The number of hydrogen-bond acceptors (Lipinski definition) is 4. The summed E-state index contributed by atoms with van der Waals surface area (Å²) in [6.45, 7) is -0.00496. The van der Waals surface area contributed by atoms with E-state index in [4.69, 9.17) is 9.84 Å². The van der Waals surface area contributed by atoms with Crippen LogP contribution in [0.3, 0.4) is 0 Å². The average molecular weight is 172 g/mol. The van der Waals surface area contributed by atoms with Crippen LogP contribution in [0, 0.1) is 0 Å². The molecule has 0 aliphatic carbocycles. The van der Waals surface area contributed by atoms with E-state index in [0.717, 1.165) is 0 Å². The second-order valence-corrected chi connectivity index (χ2v) is 2.71. The van der Waals surface area contributed by atoms with Crippen molar-refractivity contribution >= 4 is 5.78 Å². The molecule has 1 atom stereocenters. The van der Waals surface area contributed by atoms with E-state index in [1.54, 1.807) is 6.08 Å². The maximum Gasteiger partial charge on any atom is 0.162 e. The summed E-state index contributed by atoms with van der Waals surface area (Å²) < 4.78 is 4.95. The first-order chi connectivity index (χ1) is 5.74. The standard InChI is InChI=1S/C8H12O4/c9-3-8(11)6-1-2-7(10)5-12-4-6/h1,8-9,11H,2-5H2. The van der Waals surface area contributed by atoms with E-state index in [9.17, 15) is 9.90 Å². The van der Waals surface area contributed by atoms with Gasteiger partial charge < -0.3 is 14.9 Å². The van der Waals surface area contributed by atoms with Crippen LogP contribution in [-0.2, 0) is 9.53 Å². The molecule has 0 bridgehead atoms. The van der Waals surface area contributed by atoms with Gasteiger partial charge in [0, 0.05) is 6.42 Å². The Balaban J connectivity index is 2.57. The topological polar surface area (TPSA) is 66.8 Å². The van der Waals surface area contributed by atoms with E-state index < -0.39 is 6.10 Å². The van der Waals surface area contributed by atoms with Gasteiger partial charge >= 0.3 is 0 Å². The molecular weight excluding hydrogens is 160 g/mol. The molecular formula is C8H12O4. The van der Waals surface area contributed by atoms with Crippen LogP contribution in [0.4, 0.5) is 0 Å². The number of carbonyl (C=O) groups excluding carboxylic acids is 1. The highest BCUT2D eigenvalue weighted by Gasteiger charge is 2.14. The molecule has 2 N–H and O–H groups in total. The van der Waals surface area contributed by atoms with E-state index in [0.29, 0.717) is 5.57 Å². The van der Waals surface area contributed by atoms with Crippen molar-refractivity contribution < 1.29 is 19.7 Å². The number of rotatable bonds is 2. The molecule has 0 aromatic carbocycles. The van der Waals surface area contributed by atoms with Gasteiger partial charge in [-0.3, -0.25) is 4.79 Å². The number of hydrogen-bond donors (Lipinski definition) is 2. The largest absolute Gasteiger partial charge is 0.393 e. The second-order valence-electron chi connectivity index (χ2n) is 2.71. The van der Waals surface area contributed by atoms with Crippen LogP contribution >= 0.6 is 0 Å². The fourth-order valence-corrected chi connectivity index (χ4v) is 0.995.